The highest BCUT2D eigenvalue weighted by atomic mass is 15.1. The van der Waals surface area contributed by atoms with Crippen LogP contribution in [0.15, 0.2) is 22.0 Å². The molecule has 0 aliphatic carbocycles. The van der Waals surface area contributed by atoms with Gasteiger partial charge in [0, 0.05) is 13.2 Å². The maximum atomic E-state index is 3.75. The van der Waals surface area contributed by atoms with Gasteiger partial charge in [-0.25, -0.2) is 0 Å². The molecule has 0 N–H and O–H groups in total. The first-order valence-electron chi connectivity index (χ1n) is 3.25. The highest BCUT2D eigenvalue weighted by molar-refractivity contribution is 4.94. The molecule has 0 aromatic rings. The van der Waals surface area contributed by atoms with E-state index in [4.69, 9.17) is 0 Å². The molecule has 0 amide bonds. The first-order chi connectivity index (χ1) is 4.31. The zero-order chi connectivity index (χ0) is 7.11. The maximum absolute atomic E-state index is 3.75. The maximum Gasteiger partial charge on any atom is 0.0491 e. The SMILES string of the molecule is CCC/C(C)=C\N=N/C. The summed E-state index contributed by atoms with van der Waals surface area (Å²) in [6.45, 7) is 4.22. The van der Waals surface area contributed by atoms with Crippen LogP contribution in [0, 0.1) is 0 Å². The molecule has 0 saturated carbocycles. The molecule has 0 bridgehead atoms. The van der Waals surface area contributed by atoms with Gasteiger partial charge < -0.3 is 0 Å². The topological polar surface area (TPSA) is 24.7 Å². The number of hydrogen-bond donors (Lipinski definition) is 0. The van der Waals surface area contributed by atoms with Crippen molar-refractivity contribution in [2.24, 2.45) is 10.2 Å². The van der Waals surface area contributed by atoms with E-state index in [1.165, 1.54) is 12.0 Å². The minimum absolute atomic E-state index is 1.12. The summed E-state index contributed by atoms with van der Waals surface area (Å²) in [4.78, 5) is 0. The van der Waals surface area contributed by atoms with Crippen LogP contribution in [0.4, 0.5) is 0 Å². The average Bonchev–Trinajstić information content (AvgIpc) is 1.85. The number of hydrogen-bond acceptors (Lipinski definition) is 2. The molecular weight excluding hydrogens is 112 g/mol. The molecule has 0 saturated heterocycles. The summed E-state index contributed by atoms with van der Waals surface area (Å²) in [5.74, 6) is 0. The van der Waals surface area contributed by atoms with E-state index in [-0.39, 0.29) is 0 Å². The molecule has 0 aliphatic rings. The highest BCUT2D eigenvalue weighted by Crippen LogP contribution is 2.02. The van der Waals surface area contributed by atoms with Crippen LogP contribution in [0.5, 0.6) is 0 Å². The Bertz CT molecular complexity index is 114. The van der Waals surface area contributed by atoms with Crippen LogP contribution in [0.2, 0.25) is 0 Å². The van der Waals surface area contributed by atoms with E-state index in [0.717, 1.165) is 6.42 Å². The van der Waals surface area contributed by atoms with Crippen molar-refractivity contribution in [3.8, 4) is 0 Å². The largest absolute Gasteiger partial charge is 0.193 e. The Morgan fingerprint density at radius 1 is 1.56 bits per heavy atom. The third-order valence-electron chi connectivity index (χ3n) is 1.04. The molecule has 0 aromatic carbocycles. The van der Waals surface area contributed by atoms with Gasteiger partial charge >= 0.3 is 0 Å². The van der Waals surface area contributed by atoms with Gasteiger partial charge in [0.05, 0.1) is 0 Å². The van der Waals surface area contributed by atoms with E-state index in [9.17, 15) is 0 Å². The summed E-state index contributed by atoms with van der Waals surface area (Å²) in [7, 11) is 1.68. The molecule has 52 valence electrons. The third-order valence-corrected chi connectivity index (χ3v) is 1.04. The Labute approximate surface area is 56.7 Å². The number of nitrogens with zero attached hydrogens (tertiary/aromatic N) is 2. The van der Waals surface area contributed by atoms with Crippen molar-refractivity contribution in [3.63, 3.8) is 0 Å². The normalized spacial score (nSPS) is 13.0. The molecule has 0 heterocycles. The van der Waals surface area contributed by atoms with Crippen LogP contribution in [0.1, 0.15) is 26.7 Å². The smallest absolute Gasteiger partial charge is 0.0491 e. The van der Waals surface area contributed by atoms with Gasteiger partial charge in [0.1, 0.15) is 0 Å². The predicted octanol–water partition coefficient (Wildman–Crippen LogP) is 2.77. The molecule has 0 spiro atoms. The molecule has 0 rings (SSSR count). The van der Waals surface area contributed by atoms with Crippen molar-refractivity contribution in [3.05, 3.63) is 11.8 Å². The Morgan fingerprint density at radius 3 is 2.67 bits per heavy atom. The van der Waals surface area contributed by atoms with E-state index >= 15 is 0 Å². The van der Waals surface area contributed by atoms with Crippen molar-refractivity contribution in [1.29, 1.82) is 0 Å². The van der Waals surface area contributed by atoms with Crippen molar-refractivity contribution < 1.29 is 0 Å². The van der Waals surface area contributed by atoms with E-state index in [0.29, 0.717) is 0 Å². The summed E-state index contributed by atoms with van der Waals surface area (Å²) in [6, 6.07) is 0. The summed E-state index contributed by atoms with van der Waals surface area (Å²) in [6.07, 6.45) is 4.12. The number of allylic oxidation sites excluding steroid dienone is 1. The van der Waals surface area contributed by atoms with E-state index < -0.39 is 0 Å². The van der Waals surface area contributed by atoms with Crippen LogP contribution in [0.3, 0.4) is 0 Å². The zero-order valence-electron chi connectivity index (χ0n) is 6.39. The molecule has 0 unspecified atom stereocenters. The third kappa shape index (κ3) is 5.21. The summed E-state index contributed by atoms with van der Waals surface area (Å²) in [5, 5.41) is 7.36. The molecule has 0 aliphatic heterocycles. The minimum atomic E-state index is 1.12. The molecule has 9 heavy (non-hydrogen) atoms. The second-order valence-corrected chi connectivity index (χ2v) is 2.04. The lowest BCUT2D eigenvalue weighted by Crippen LogP contribution is -1.71. The molecular formula is C7H14N2. The number of azo groups is 1. The first-order valence-corrected chi connectivity index (χ1v) is 3.25. The fourth-order valence-corrected chi connectivity index (χ4v) is 0.615. The monoisotopic (exact) mass is 126 g/mol. The fourth-order valence-electron chi connectivity index (χ4n) is 0.615. The van der Waals surface area contributed by atoms with E-state index in [1.54, 1.807) is 7.05 Å². The van der Waals surface area contributed by atoms with Crippen LogP contribution in [-0.2, 0) is 0 Å². The van der Waals surface area contributed by atoms with Gasteiger partial charge in [-0.1, -0.05) is 18.9 Å². The lowest BCUT2D eigenvalue weighted by atomic mass is 10.2. The Morgan fingerprint density at radius 2 is 2.22 bits per heavy atom. The first kappa shape index (κ1) is 8.34. The molecule has 0 fully saturated rings. The van der Waals surface area contributed by atoms with Gasteiger partial charge in [0.25, 0.3) is 0 Å². The summed E-state index contributed by atoms with van der Waals surface area (Å²) < 4.78 is 0. The van der Waals surface area contributed by atoms with E-state index in [2.05, 4.69) is 24.1 Å². The quantitative estimate of drug-likeness (QED) is 0.519. The van der Waals surface area contributed by atoms with Crippen molar-refractivity contribution in [1.82, 2.24) is 0 Å². The number of rotatable bonds is 3. The van der Waals surface area contributed by atoms with Gasteiger partial charge in [-0.2, -0.15) is 10.2 Å². The fraction of sp³-hybridized carbons (Fsp3) is 0.714. The van der Waals surface area contributed by atoms with Crippen LogP contribution >= 0.6 is 0 Å². The second-order valence-electron chi connectivity index (χ2n) is 2.04. The Hall–Kier alpha value is -0.660. The second kappa shape index (κ2) is 5.48. The van der Waals surface area contributed by atoms with Crippen LogP contribution < -0.4 is 0 Å². The summed E-state index contributed by atoms with van der Waals surface area (Å²) in [5.41, 5.74) is 1.29. The van der Waals surface area contributed by atoms with Gasteiger partial charge in [0.2, 0.25) is 0 Å². The van der Waals surface area contributed by atoms with Crippen LogP contribution in [-0.4, -0.2) is 7.05 Å². The summed E-state index contributed by atoms with van der Waals surface area (Å²) >= 11 is 0. The minimum Gasteiger partial charge on any atom is -0.193 e. The Balaban J connectivity index is 3.55. The van der Waals surface area contributed by atoms with Gasteiger partial charge in [-0.05, 0) is 13.3 Å². The van der Waals surface area contributed by atoms with Gasteiger partial charge in [-0.15, -0.1) is 0 Å². The standard InChI is InChI=1S/C7H14N2/c1-4-5-7(2)6-9-8-3/h6H,4-5H2,1-3H3/b7-6-,9-8-. The highest BCUT2D eigenvalue weighted by Gasteiger charge is 1.82. The van der Waals surface area contributed by atoms with Gasteiger partial charge in [-0.3, -0.25) is 0 Å². The Kier molecular flexibility index (Phi) is 5.07. The molecule has 0 radical (unpaired) electrons. The molecule has 0 atom stereocenters. The lowest BCUT2D eigenvalue weighted by Gasteiger charge is -1.90. The van der Waals surface area contributed by atoms with Crippen molar-refractivity contribution >= 4 is 0 Å². The van der Waals surface area contributed by atoms with Crippen molar-refractivity contribution in [2.75, 3.05) is 7.05 Å². The lowest BCUT2D eigenvalue weighted by molar-refractivity contribution is 0.897. The molecule has 0 aromatic heterocycles. The van der Waals surface area contributed by atoms with Gasteiger partial charge in [0.15, 0.2) is 0 Å². The van der Waals surface area contributed by atoms with Crippen LogP contribution in [0.25, 0.3) is 0 Å². The molecule has 2 heteroatoms. The zero-order valence-corrected chi connectivity index (χ0v) is 6.39. The van der Waals surface area contributed by atoms with Crippen molar-refractivity contribution in [2.45, 2.75) is 26.7 Å². The van der Waals surface area contributed by atoms with E-state index in [1.807, 2.05) is 6.20 Å². The average molecular weight is 126 g/mol. The predicted molar refractivity (Wildman–Crippen MR) is 39.4 cm³/mol. The molecule has 2 nitrogen and oxygen atoms in total.